The molecule has 0 aliphatic heterocycles. The van der Waals surface area contributed by atoms with Crippen LogP contribution in [0.3, 0.4) is 0 Å². The van der Waals surface area contributed by atoms with E-state index in [1.807, 2.05) is 36.4 Å². The topological polar surface area (TPSA) is 87.3 Å². The molecule has 0 spiro atoms. The highest BCUT2D eigenvalue weighted by atomic mass is 32.2. The monoisotopic (exact) mass is 421 g/mol. The summed E-state index contributed by atoms with van der Waals surface area (Å²) >= 11 is 0. The zero-order valence-electron chi connectivity index (χ0n) is 16.6. The maximum atomic E-state index is 12.3. The Kier molecular flexibility index (Phi) is 5.57. The Morgan fingerprint density at radius 2 is 1.60 bits per heavy atom. The van der Waals surface area contributed by atoms with Crippen LogP contribution in [-0.2, 0) is 28.7 Å². The van der Waals surface area contributed by atoms with E-state index in [0.29, 0.717) is 12.1 Å². The molecule has 0 atom stereocenters. The standard InChI is InChI=1S/C23H23N3O3S/c1-24-30(28,29)15-17-8-6-16(7-9-17)14-25-23(27)26-20-10-11-22-19(13-20)12-18-4-2-3-5-21(18)22/h2-11,13,24H,12,14-15H2,1H3,(H2,25,26,27). The average molecular weight is 422 g/mol. The van der Waals surface area contributed by atoms with Gasteiger partial charge in [0.2, 0.25) is 10.0 Å². The summed E-state index contributed by atoms with van der Waals surface area (Å²) in [5, 5.41) is 5.71. The molecular formula is C23H23N3O3S. The molecule has 3 N–H and O–H groups in total. The van der Waals surface area contributed by atoms with Crippen LogP contribution >= 0.6 is 0 Å². The summed E-state index contributed by atoms with van der Waals surface area (Å²) in [7, 11) is -1.90. The third kappa shape index (κ3) is 4.53. The summed E-state index contributed by atoms with van der Waals surface area (Å²) in [6, 6.07) is 21.2. The zero-order chi connectivity index (χ0) is 21.1. The predicted molar refractivity (Wildman–Crippen MR) is 119 cm³/mol. The molecule has 0 heterocycles. The summed E-state index contributed by atoms with van der Waals surface area (Å²) in [4.78, 5) is 12.3. The van der Waals surface area contributed by atoms with E-state index in [-0.39, 0.29) is 11.8 Å². The number of hydrogen-bond donors (Lipinski definition) is 3. The van der Waals surface area contributed by atoms with Crippen molar-refractivity contribution >= 4 is 21.7 Å². The quantitative estimate of drug-likeness (QED) is 0.444. The van der Waals surface area contributed by atoms with Gasteiger partial charge in [-0.2, -0.15) is 0 Å². The van der Waals surface area contributed by atoms with E-state index in [1.165, 1.54) is 29.3 Å². The first-order valence-corrected chi connectivity index (χ1v) is 11.3. The third-order valence-electron chi connectivity index (χ3n) is 5.20. The number of rotatable bonds is 6. The summed E-state index contributed by atoms with van der Waals surface area (Å²) in [5.74, 6) is -0.0696. The number of hydrogen-bond acceptors (Lipinski definition) is 3. The van der Waals surface area contributed by atoms with Crippen molar-refractivity contribution in [2.24, 2.45) is 0 Å². The molecule has 0 unspecified atom stereocenters. The molecule has 3 aromatic carbocycles. The number of fused-ring (bicyclic) bond motifs is 3. The maximum Gasteiger partial charge on any atom is 0.319 e. The number of amides is 2. The molecule has 1 aliphatic carbocycles. The van der Waals surface area contributed by atoms with Gasteiger partial charge < -0.3 is 10.6 Å². The molecular weight excluding hydrogens is 398 g/mol. The summed E-state index contributed by atoms with van der Waals surface area (Å²) in [6.07, 6.45) is 0.873. The van der Waals surface area contributed by atoms with Crippen molar-refractivity contribution in [2.45, 2.75) is 18.7 Å². The average Bonchev–Trinajstić information content (AvgIpc) is 3.11. The first-order valence-electron chi connectivity index (χ1n) is 9.68. The van der Waals surface area contributed by atoms with Gasteiger partial charge in [-0.15, -0.1) is 0 Å². The Labute approximate surface area is 176 Å². The first-order chi connectivity index (χ1) is 14.4. The highest BCUT2D eigenvalue weighted by Crippen LogP contribution is 2.37. The summed E-state index contributed by atoms with van der Waals surface area (Å²) < 4.78 is 25.5. The van der Waals surface area contributed by atoms with Gasteiger partial charge in [-0.3, -0.25) is 0 Å². The summed E-state index contributed by atoms with van der Waals surface area (Å²) in [6.45, 7) is 0.348. The number of sulfonamides is 1. The number of carbonyl (C=O) groups excluding carboxylic acids is 1. The van der Waals surface area contributed by atoms with E-state index in [9.17, 15) is 13.2 Å². The van der Waals surface area contributed by atoms with E-state index in [2.05, 4.69) is 33.6 Å². The molecule has 30 heavy (non-hydrogen) atoms. The third-order valence-corrected chi connectivity index (χ3v) is 6.53. The van der Waals surface area contributed by atoms with Crippen LogP contribution in [0.5, 0.6) is 0 Å². The van der Waals surface area contributed by atoms with Gasteiger partial charge in [-0.25, -0.2) is 17.9 Å². The van der Waals surface area contributed by atoms with Crippen LogP contribution in [0.15, 0.2) is 66.7 Å². The van der Waals surface area contributed by atoms with Crippen molar-refractivity contribution < 1.29 is 13.2 Å². The van der Waals surface area contributed by atoms with Crippen LogP contribution < -0.4 is 15.4 Å². The predicted octanol–water partition coefficient (Wildman–Crippen LogP) is 3.63. The number of anilines is 1. The zero-order valence-corrected chi connectivity index (χ0v) is 17.4. The minimum atomic E-state index is -3.30. The van der Waals surface area contributed by atoms with Gasteiger partial charge in [0.15, 0.2) is 0 Å². The smallest absolute Gasteiger partial charge is 0.319 e. The molecule has 1 aliphatic rings. The van der Waals surface area contributed by atoms with Crippen LogP contribution in [0.2, 0.25) is 0 Å². The molecule has 7 heteroatoms. The first kappa shape index (κ1) is 20.1. The van der Waals surface area contributed by atoms with Crippen molar-refractivity contribution in [3.63, 3.8) is 0 Å². The molecule has 2 amide bonds. The number of carbonyl (C=O) groups is 1. The highest BCUT2D eigenvalue weighted by Gasteiger charge is 2.18. The second-order valence-corrected chi connectivity index (χ2v) is 9.22. The number of urea groups is 1. The Morgan fingerprint density at radius 1 is 0.900 bits per heavy atom. The van der Waals surface area contributed by atoms with E-state index in [1.54, 1.807) is 12.1 Å². The van der Waals surface area contributed by atoms with Crippen molar-refractivity contribution in [1.29, 1.82) is 0 Å². The van der Waals surface area contributed by atoms with E-state index >= 15 is 0 Å². The number of nitrogens with one attached hydrogen (secondary N) is 3. The van der Waals surface area contributed by atoms with Crippen molar-refractivity contribution in [2.75, 3.05) is 12.4 Å². The van der Waals surface area contributed by atoms with Crippen molar-refractivity contribution in [1.82, 2.24) is 10.0 Å². The maximum absolute atomic E-state index is 12.3. The van der Waals surface area contributed by atoms with Crippen LogP contribution in [0.25, 0.3) is 11.1 Å². The fraction of sp³-hybridized carbons (Fsp3) is 0.174. The van der Waals surface area contributed by atoms with Gasteiger partial charge in [0, 0.05) is 12.2 Å². The molecule has 0 saturated heterocycles. The molecule has 0 radical (unpaired) electrons. The summed E-state index contributed by atoms with van der Waals surface area (Å²) in [5.41, 5.74) is 7.33. The van der Waals surface area contributed by atoms with Gasteiger partial charge in [0.1, 0.15) is 0 Å². The van der Waals surface area contributed by atoms with Crippen LogP contribution in [0.4, 0.5) is 10.5 Å². The van der Waals surface area contributed by atoms with Gasteiger partial charge >= 0.3 is 6.03 Å². The van der Waals surface area contributed by atoms with Crippen molar-refractivity contribution in [3.05, 3.63) is 89.0 Å². The van der Waals surface area contributed by atoms with Gasteiger partial charge in [0.05, 0.1) is 5.75 Å². The Bertz CT molecular complexity index is 1190. The van der Waals surface area contributed by atoms with E-state index in [0.717, 1.165) is 17.7 Å². The van der Waals surface area contributed by atoms with Crippen LogP contribution in [0.1, 0.15) is 22.3 Å². The lowest BCUT2D eigenvalue weighted by Gasteiger charge is -2.10. The Balaban J connectivity index is 1.33. The molecule has 6 nitrogen and oxygen atoms in total. The minimum Gasteiger partial charge on any atom is -0.334 e. The molecule has 154 valence electrons. The SMILES string of the molecule is CNS(=O)(=O)Cc1ccc(CNC(=O)Nc2ccc3c(c2)Cc2ccccc2-3)cc1. The second-order valence-electron chi connectivity index (χ2n) is 7.29. The van der Waals surface area contributed by atoms with E-state index in [4.69, 9.17) is 0 Å². The minimum absolute atomic E-state index is 0.0696. The Morgan fingerprint density at radius 3 is 2.37 bits per heavy atom. The fourth-order valence-corrected chi connectivity index (χ4v) is 4.40. The molecule has 0 aromatic heterocycles. The molecule has 3 aromatic rings. The molecule has 0 saturated carbocycles. The van der Waals surface area contributed by atoms with Gasteiger partial charge in [-0.1, -0.05) is 54.6 Å². The lowest BCUT2D eigenvalue weighted by atomic mass is 10.1. The van der Waals surface area contributed by atoms with Crippen LogP contribution in [-0.4, -0.2) is 21.5 Å². The Hall–Kier alpha value is -3.16. The van der Waals surface area contributed by atoms with E-state index < -0.39 is 10.0 Å². The number of benzene rings is 3. The fourth-order valence-electron chi connectivity index (χ4n) is 3.63. The largest absolute Gasteiger partial charge is 0.334 e. The molecule has 4 rings (SSSR count). The second kappa shape index (κ2) is 8.30. The van der Waals surface area contributed by atoms with Gasteiger partial charge in [-0.05, 0) is 59.0 Å². The molecule has 0 bridgehead atoms. The molecule has 0 fully saturated rings. The highest BCUT2D eigenvalue weighted by molar-refractivity contribution is 7.88. The lowest BCUT2D eigenvalue weighted by molar-refractivity contribution is 0.251. The lowest BCUT2D eigenvalue weighted by Crippen LogP contribution is -2.28. The van der Waals surface area contributed by atoms with Gasteiger partial charge in [0.25, 0.3) is 0 Å². The van der Waals surface area contributed by atoms with Crippen LogP contribution in [0, 0.1) is 0 Å². The van der Waals surface area contributed by atoms with Crippen molar-refractivity contribution in [3.8, 4) is 11.1 Å². The normalized spacial score (nSPS) is 12.2.